The summed E-state index contributed by atoms with van der Waals surface area (Å²) in [6.07, 6.45) is 5.97. The van der Waals surface area contributed by atoms with Crippen LogP contribution in [-0.2, 0) is 0 Å². The van der Waals surface area contributed by atoms with Gasteiger partial charge in [0.2, 0.25) is 0 Å². The molecule has 2 aromatic heterocycles. The van der Waals surface area contributed by atoms with Gasteiger partial charge in [-0.05, 0) is 35.9 Å². The molecule has 4 aromatic rings. The van der Waals surface area contributed by atoms with Crippen molar-refractivity contribution in [2.75, 3.05) is 0 Å². The monoisotopic (exact) mass is 334 g/mol. The van der Waals surface area contributed by atoms with Gasteiger partial charge in [-0.3, -0.25) is 4.98 Å². The van der Waals surface area contributed by atoms with Crippen molar-refractivity contribution in [1.82, 2.24) is 9.97 Å². The summed E-state index contributed by atoms with van der Waals surface area (Å²) in [6, 6.07) is 30.6. The van der Waals surface area contributed by atoms with E-state index in [2.05, 4.69) is 35.3 Å². The summed E-state index contributed by atoms with van der Waals surface area (Å²) < 4.78 is 0. The number of nitrogens with zero attached hydrogens (tertiary/aromatic N) is 2. The Labute approximate surface area is 153 Å². The van der Waals surface area contributed by atoms with E-state index < -0.39 is 0 Å². The van der Waals surface area contributed by atoms with Gasteiger partial charge in [0.1, 0.15) is 0 Å². The van der Waals surface area contributed by atoms with Crippen LogP contribution >= 0.6 is 0 Å². The molecule has 0 atom stereocenters. The Hall–Kier alpha value is -3.52. The molecule has 0 spiro atoms. The molecule has 0 unspecified atom stereocenters. The van der Waals surface area contributed by atoms with Gasteiger partial charge < -0.3 is 0 Å². The lowest BCUT2D eigenvalue weighted by atomic mass is 10.0. The van der Waals surface area contributed by atoms with E-state index >= 15 is 0 Å². The molecule has 26 heavy (non-hydrogen) atoms. The molecular weight excluding hydrogens is 316 g/mol. The quantitative estimate of drug-likeness (QED) is 0.459. The molecule has 0 radical (unpaired) electrons. The predicted octanol–water partition coefficient (Wildman–Crippen LogP) is 5.98. The van der Waals surface area contributed by atoms with Crippen molar-refractivity contribution < 1.29 is 0 Å². The molecule has 2 nitrogen and oxygen atoms in total. The second-order valence-electron chi connectivity index (χ2n) is 5.95. The van der Waals surface area contributed by atoms with Crippen molar-refractivity contribution in [2.45, 2.75) is 0 Å². The minimum absolute atomic E-state index is 0.933. The summed E-state index contributed by atoms with van der Waals surface area (Å²) in [7, 11) is 0. The van der Waals surface area contributed by atoms with Crippen LogP contribution in [0.1, 0.15) is 11.3 Å². The van der Waals surface area contributed by atoms with Crippen molar-refractivity contribution in [3.05, 3.63) is 108 Å². The Kier molecular flexibility index (Phi) is 4.66. The fraction of sp³-hybridized carbons (Fsp3) is 0. The zero-order valence-electron chi connectivity index (χ0n) is 14.3. The van der Waals surface area contributed by atoms with Gasteiger partial charge in [-0.2, -0.15) is 0 Å². The predicted molar refractivity (Wildman–Crippen MR) is 108 cm³/mol. The molecule has 4 rings (SSSR count). The van der Waals surface area contributed by atoms with Crippen LogP contribution in [0.15, 0.2) is 97.2 Å². The van der Waals surface area contributed by atoms with Crippen LogP contribution in [0.2, 0.25) is 0 Å². The molecule has 0 saturated carbocycles. The summed E-state index contributed by atoms with van der Waals surface area (Å²) >= 11 is 0. The van der Waals surface area contributed by atoms with Gasteiger partial charge in [0, 0.05) is 17.3 Å². The highest BCUT2D eigenvalue weighted by molar-refractivity contribution is 5.79. The maximum atomic E-state index is 4.76. The lowest BCUT2D eigenvalue weighted by Crippen LogP contribution is -1.87. The summed E-state index contributed by atoms with van der Waals surface area (Å²) in [4.78, 5) is 9.23. The van der Waals surface area contributed by atoms with Crippen molar-refractivity contribution in [3.8, 4) is 22.5 Å². The normalized spacial score (nSPS) is 10.9. The first kappa shape index (κ1) is 16.0. The number of hydrogen-bond acceptors (Lipinski definition) is 2. The largest absolute Gasteiger partial charge is 0.256 e. The molecule has 0 aliphatic rings. The highest BCUT2D eigenvalue weighted by Crippen LogP contribution is 2.23. The van der Waals surface area contributed by atoms with Crippen LogP contribution in [0.25, 0.3) is 34.7 Å². The van der Waals surface area contributed by atoms with E-state index in [-0.39, 0.29) is 0 Å². The van der Waals surface area contributed by atoms with Crippen LogP contribution in [0.4, 0.5) is 0 Å². The molecule has 2 heteroatoms. The Morgan fingerprint density at radius 3 is 2.19 bits per heavy atom. The summed E-state index contributed by atoms with van der Waals surface area (Å²) in [6.45, 7) is 0. The average molecular weight is 334 g/mol. The van der Waals surface area contributed by atoms with E-state index in [1.807, 2.05) is 79.0 Å². The number of hydrogen-bond donors (Lipinski definition) is 0. The topological polar surface area (TPSA) is 25.8 Å². The third-order valence-corrected chi connectivity index (χ3v) is 4.18. The molecule has 0 bridgehead atoms. The Balaban J connectivity index is 1.66. The van der Waals surface area contributed by atoms with Gasteiger partial charge in [-0.15, -0.1) is 0 Å². The number of pyridine rings is 2. The molecule has 0 amide bonds. The van der Waals surface area contributed by atoms with Crippen LogP contribution < -0.4 is 0 Å². The molecule has 0 aliphatic heterocycles. The summed E-state index contributed by atoms with van der Waals surface area (Å²) in [5, 5.41) is 0. The lowest BCUT2D eigenvalue weighted by Gasteiger charge is -2.05. The lowest BCUT2D eigenvalue weighted by molar-refractivity contribution is 1.30. The van der Waals surface area contributed by atoms with E-state index in [4.69, 9.17) is 4.98 Å². The van der Waals surface area contributed by atoms with E-state index in [0.717, 1.165) is 33.8 Å². The Bertz CT molecular complexity index is 1020. The van der Waals surface area contributed by atoms with Gasteiger partial charge in [-0.1, -0.05) is 72.8 Å². The van der Waals surface area contributed by atoms with Crippen molar-refractivity contribution in [1.29, 1.82) is 0 Å². The van der Waals surface area contributed by atoms with Gasteiger partial charge in [0.25, 0.3) is 0 Å². The SMILES string of the molecule is C(=Cc1ccccc1-c1ccccn1)c1cccc(-c2ccccc2)n1. The molecule has 0 N–H and O–H groups in total. The maximum Gasteiger partial charge on any atom is 0.0709 e. The zero-order valence-corrected chi connectivity index (χ0v) is 14.3. The van der Waals surface area contributed by atoms with Crippen molar-refractivity contribution >= 4 is 12.2 Å². The molecule has 2 aromatic carbocycles. The molecule has 0 saturated heterocycles. The number of benzene rings is 2. The van der Waals surface area contributed by atoms with Gasteiger partial charge in [-0.25, -0.2) is 4.98 Å². The molecule has 0 aliphatic carbocycles. The molecular formula is C24H18N2. The van der Waals surface area contributed by atoms with Crippen LogP contribution in [0.5, 0.6) is 0 Å². The maximum absolute atomic E-state index is 4.76. The average Bonchev–Trinajstić information content (AvgIpc) is 2.74. The third-order valence-electron chi connectivity index (χ3n) is 4.18. The summed E-state index contributed by atoms with van der Waals surface area (Å²) in [5.41, 5.74) is 6.24. The second-order valence-corrected chi connectivity index (χ2v) is 5.95. The van der Waals surface area contributed by atoms with Gasteiger partial charge in [0.15, 0.2) is 0 Å². The standard InChI is InChI=1S/C24H18N2/c1-2-10-20(11-3-1)23-15-8-12-21(26-23)17-16-19-9-4-5-13-22(19)24-14-6-7-18-25-24/h1-18H. The third kappa shape index (κ3) is 3.60. The number of rotatable bonds is 4. The fourth-order valence-corrected chi connectivity index (χ4v) is 2.89. The van der Waals surface area contributed by atoms with Crippen LogP contribution in [0.3, 0.4) is 0 Å². The first-order valence-corrected chi connectivity index (χ1v) is 8.61. The highest BCUT2D eigenvalue weighted by atomic mass is 14.7. The Morgan fingerprint density at radius 2 is 1.35 bits per heavy atom. The first-order valence-electron chi connectivity index (χ1n) is 8.61. The minimum Gasteiger partial charge on any atom is -0.256 e. The smallest absolute Gasteiger partial charge is 0.0709 e. The van der Waals surface area contributed by atoms with Gasteiger partial charge in [0.05, 0.1) is 17.1 Å². The molecule has 124 valence electrons. The van der Waals surface area contributed by atoms with Gasteiger partial charge >= 0.3 is 0 Å². The minimum atomic E-state index is 0.933. The van der Waals surface area contributed by atoms with E-state index in [0.29, 0.717) is 0 Å². The van der Waals surface area contributed by atoms with E-state index in [9.17, 15) is 0 Å². The van der Waals surface area contributed by atoms with E-state index in [1.165, 1.54) is 0 Å². The van der Waals surface area contributed by atoms with Crippen LogP contribution in [-0.4, -0.2) is 9.97 Å². The number of aromatic nitrogens is 2. The van der Waals surface area contributed by atoms with Crippen molar-refractivity contribution in [2.24, 2.45) is 0 Å². The molecule has 0 fully saturated rings. The highest BCUT2D eigenvalue weighted by Gasteiger charge is 2.03. The fourth-order valence-electron chi connectivity index (χ4n) is 2.89. The summed E-state index contributed by atoms with van der Waals surface area (Å²) in [5.74, 6) is 0. The van der Waals surface area contributed by atoms with E-state index in [1.54, 1.807) is 0 Å². The second kappa shape index (κ2) is 7.58. The van der Waals surface area contributed by atoms with Crippen LogP contribution in [0, 0.1) is 0 Å². The Morgan fingerprint density at radius 1 is 0.577 bits per heavy atom. The molecule has 2 heterocycles. The van der Waals surface area contributed by atoms with Crippen molar-refractivity contribution in [3.63, 3.8) is 0 Å². The first-order chi connectivity index (χ1) is 12.9. The zero-order chi connectivity index (χ0) is 17.6.